The Bertz CT molecular complexity index is 127. The van der Waals surface area contributed by atoms with Crippen molar-refractivity contribution in [3.8, 4) is 0 Å². The van der Waals surface area contributed by atoms with Gasteiger partial charge in [0.15, 0.2) is 0 Å². The van der Waals surface area contributed by atoms with Gasteiger partial charge < -0.3 is 0 Å². The standard InChI is InChI=1S/C11H20S/c1-4-6-7-8-9-11(3)10-12-5-2/h4,7-8,11H,1,5-6,9-10H2,2-3H3/b8-7-. The van der Waals surface area contributed by atoms with E-state index in [4.69, 9.17) is 0 Å². The largest absolute Gasteiger partial charge is 0.162 e. The fourth-order valence-electron chi connectivity index (χ4n) is 0.908. The van der Waals surface area contributed by atoms with E-state index in [0.717, 1.165) is 12.3 Å². The lowest BCUT2D eigenvalue weighted by Gasteiger charge is -2.05. The summed E-state index contributed by atoms with van der Waals surface area (Å²) in [5.41, 5.74) is 0. The van der Waals surface area contributed by atoms with Crippen LogP contribution in [0, 0.1) is 5.92 Å². The van der Waals surface area contributed by atoms with Crippen molar-refractivity contribution < 1.29 is 0 Å². The molecule has 0 heterocycles. The number of hydrogen-bond donors (Lipinski definition) is 0. The summed E-state index contributed by atoms with van der Waals surface area (Å²) in [6.45, 7) is 8.19. The van der Waals surface area contributed by atoms with E-state index in [-0.39, 0.29) is 0 Å². The van der Waals surface area contributed by atoms with Crippen molar-refractivity contribution in [2.75, 3.05) is 11.5 Å². The van der Waals surface area contributed by atoms with Crippen molar-refractivity contribution in [3.63, 3.8) is 0 Å². The first-order chi connectivity index (χ1) is 5.81. The molecule has 0 aromatic heterocycles. The molecule has 0 bridgehead atoms. The van der Waals surface area contributed by atoms with Gasteiger partial charge in [0.25, 0.3) is 0 Å². The first-order valence-corrected chi connectivity index (χ1v) is 5.80. The molecule has 0 aliphatic rings. The molecule has 70 valence electrons. The van der Waals surface area contributed by atoms with Crippen LogP contribution in [0.5, 0.6) is 0 Å². The van der Waals surface area contributed by atoms with Gasteiger partial charge in [-0.25, -0.2) is 0 Å². The van der Waals surface area contributed by atoms with Gasteiger partial charge in [0.1, 0.15) is 0 Å². The molecule has 1 heteroatoms. The Labute approximate surface area is 81.1 Å². The first-order valence-electron chi connectivity index (χ1n) is 4.64. The van der Waals surface area contributed by atoms with Crippen molar-refractivity contribution in [2.45, 2.75) is 26.7 Å². The normalized spacial score (nSPS) is 13.5. The highest BCUT2D eigenvalue weighted by atomic mass is 32.2. The van der Waals surface area contributed by atoms with E-state index >= 15 is 0 Å². The molecule has 1 atom stereocenters. The predicted molar refractivity (Wildman–Crippen MR) is 60.7 cm³/mol. The Kier molecular flexibility index (Phi) is 8.80. The average molecular weight is 184 g/mol. The monoisotopic (exact) mass is 184 g/mol. The smallest absolute Gasteiger partial charge is 0.00389 e. The van der Waals surface area contributed by atoms with Crippen LogP contribution in [0.1, 0.15) is 26.7 Å². The highest BCUT2D eigenvalue weighted by molar-refractivity contribution is 7.99. The van der Waals surface area contributed by atoms with Crippen molar-refractivity contribution in [3.05, 3.63) is 24.8 Å². The van der Waals surface area contributed by atoms with E-state index < -0.39 is 0 Å². The fraction of sp³-hybridized carbons (Fsp3) is 0.636. The minimum Gasteiger partial charge on any atom is -0.162 e. The number of allylic oxidation sites excluding steroid dienone is 3. The van der Waals surface area contributed by atoms with Crippen molar-refractivity contribution in [1.29, 1.82) is 0 Å². The Morgan fingerprint density at radius 2 is 2.17 bits per heavy atom. The van der Waals surface area contributed by atoms with Crippen LogP contribution in [0.2, 0.25) is 0 Å². The molecule has 0 N–H and O–H groups in total. The van der Waals surface area contributed by atoms with E-state index in [1.54, 1.807) is 0 Å². The lowest BCUT2D eigenvalue weighted by atomic mass is 10.1. The van der Waals surface area contributed by atoms with Crippen LogP contribution in [0.15, 0.2) is 24.8 Å². The van der Waals surface area contributed by atoms with E-state index in [1.165, 1.54) is 17.9 Å². The topological polar surface area (TPSA) is 0 Å². The SMILES string of the molecule is C=CC/C=C\CC(C)CSCC. The molecule has 0 nitrogen and oxygen atoms in total. The Hall–Kier alpha value is -0.170. The molecule has 1 unspecified atom stereocenters. The second-order valence-electron chi connectivity index (χ2n) is 3.00. The lowest BCUT2D eigenvalue weighted by molar-refractivity contribution is 0.675. The van der Waals surface area contributed by atoms with Crippen LogP contribution in [0.3, 0.4) is 0 Å². The van der Waals surface area contributed by atoms with Crippen molar-refractivity contribution in [1.82, 2.24) is 0 Å². The quantitative estimate of drug-likeness (QED) is 0.541. The van der Waals surface area contributed by atoms with Gasteiger partial charge in [-0.1, -0.05) is 32.1 Å². The maximum absolute atomic E-state index is 3.67. The summed E-state index contributed by atoms with van der Waals surface area (Å²) in [4.78, 5) is 0. The minimum atomic E-state index is 0.816. The van der Waals surface area contributed by atoms with E-state index in [2.05, 4.69) is 32.6 Å². The van der Waals surface area contributed by atoms with E-state index in [0.29, 0.717) is 0 Å². The van der Waals surface area contributed by atoms with Gasteiger partial charge in [-0.3, -0.25) is 0 Å². The third kappa shape index (κ3) is 7.93. The van der Waals surface area contributed by atoms with Crippen LogP contribution in [-0.4, -0.2) is 11.5 Å². The molecule has 0 spiro atoms. The van der Waals surface area contributed by atoms with Gasteiger partial charge in [0.05, 0.1) is 0 Å². The Morgan fingerprint density at radius 3 is 2.75 bits per heavy atom. The summed E-state index contributed by atoms with van der Waals surface area (Å²) in [5.74, 6) is 3.34. The summed E-state index contributed by atoms with van der Waals surface area (Å²) >= 11 is 2.03. The van der Waals surface area contributed by atoms with E-state index in [1.807, 2.05) is 17.8 Å². The zero-order chi connectivity index (χ0) is 9.23. The van der Waals surface area contributed by atoms with Crippen LogP contribution >= 0.6 is 11.8 Å². The summed E-state index contributed by atoms with van der Waals surface area (Å²) in [6, 6.07) is 0. The number of thioether (sulfide) groups is 1. The first kappa shape index (κ1) is 11.8. The average Bonchev–Trinajstić information content (AvgIpc) is 2.09. The Morgan fingerprint density at radius 1 is 1.42 bits per heavy atom. The number of hydrogen-bond acceptors (Lipinski definition) is 1. The van der Waals surface area contributed by atoms with Crippen LogP contribution in [-0.2, 0) is 0 Å². The zero-order valence-electron chi connectivity index (χ0n) is 8.25. The summed E-state index contributed by atoms with van der Waals surface area (Å²) in [5, 5.41) is 0. The van der Waals surface area contributed by atoms with Crippen LogP contribution < -0.4 is 0 Å². The molecule has 0 aromatic rings. The molecule has 0 saturated carbocycles. The Balaban J connectivity index is 3.29. The fourth-order valence-corrected chi connectivity index (χ4v) is 1.68. The highest BCUT2D eigenvalue weighted by Gasteiger charge is 1.97. The summed E-state index contributed by atoms with van der Waals surface area (Å²) in [6.07, 6.45) is 8.61. The third-order valence-electron chi connectivity index (χ3n) is 1.61. The molecule has 0 saturated heterocycles. The van der Waals surface area contributed by atoms with Gasteiger partial charge >= 0.3 is 0 Å². The maximum Gasteiger partial charge on any atom is -0.00389 e. The maximum atomic E-state index is 3.67. The molecule has 0 aliphatic carbocycles. The summed E-state index contributed by atoms with van der Waals surface area (Å²) < 4.78 is 0. The van der Waals surface area contributed by atoms with Gasteiger partial charge in [0, 0.05) is 0 Å². The van der Waals surface area contributed by atoms with Crippen molar-refractivity contribution in [2.24, 2.45) is 5.92 Å². The molecule has 0 amide bonds. The minimum absolute atomic E-state index is 0.816. The molecular weight excluding hydrogens is 164 g/mol. The van der Waals surface area contributed by atoms with Crippen molar-refractivity contribution >= 4 is 11.8 Å². The molecule has 0 fully saturated rings. The van der Waals surface area contributed by atoms with Crippen LogP contribution in [0.25, 0.3) is 0 Å². The highest BCUT2D eigenvalue weighted by Crippen LogP contribution is 2.11. The molecule has 0 radical (unpaired) electrons. The molecule has 12 heavy (non-hydrogen) atoms. The molecule has 0 rings (SSSR count). The van der Waals surface area contributed by atoms with Gasteiger partial charge in [-0.2, -0.15) is 11.8 Å². The van der Waals surface area contributed by atoms with E-state index in [9.17, 15) is 0 Å². The second-order valence-corrected chi connectivity index (χ2v) is 4.32. The molecular formula is C11H20S. The zero-order valence-corrected chi connectivity index (χ0v) is 9.07. The molecule has 0 aliphatic heterocycles. The summed E-state index contributed by atoms with van der Waals surface area (Å²) in [7, 11) is 0. The van der Waals surface area contributed by atoms with Crippen LogP contribution in [0.4, 0.5) is 0 Å². The predicted octanol–water partition coefficient (Wildman–Crippen LogP) is 3.90. The number of rotatable bonds is 7. The van der Waals surface area contributed by atoms with Gasteiger partial charge in [0.2, 0.25) is 0 Å². The van der Waals surface area contributed by atoms with Gasteiger partial charge in [-0.05, 0) is 30.3 Å². The second kappa shape index (κ2) is 8.92. The lowest BCUT2D eigenvalue weighted by Crippen LogP contribution is -1.96. The molecule has 0 aromatic carbocycles. The van der Waals surface area contributed by atoms with Gasteiger partial charge in [-0.15, -0.1) is 6.58 Å². The third-order valence-corrected chi connectivity index (χ3v) is 2.83.